The number of carbonyl (C=O) groups is 1. The predicted octanol–water partition coefficient (Wildman–Crippen LogP) is 8.55. The highest BCUT2D eigenvalue weighted by Crippen LogP contribution is 2.46. The van der Waals surface area contributed by atoms with Gasteiger partial charge in [0.15, 0.2) is 0 Å². The number of rotatable bonds is 6. The van der Waals surface area contributed by atoms with Gasteiger partial charge in [-0.05, 0) is 89.8 Å². The molecule has 0 saturated heterocycles. The number of carboxylic acid groups (broad SMARTS) is 1. The first-order valence-corrected chi connectivity index (χ1v) is 15.1. The molecule has 0 atom stereocenters. The zero-order chi connectivity index (χ0) is 24.4. The third-order valence-corrected chi connectivity index (χ3v) is 12.1. The Morgan fingerprint density at radius 3 is 2.12 bits per heavy atom. The normalized spacial score (nSPS) is 17.0. The van der Waals surface area contributed by atoms with Crippen LogP contribution in [0.15, 0.2) is 42.5 Å². The molecule has 0 aliphatic heterocycles. The summed E-state index contributed by atoms with van der Waals surface area (Å²) >= 11 is 0. The van der Waals surface area contributed by atoms with Crippen LogP contribution in [0.5, 0.6) is 5.75 Å². The highest BCUT2D eigenvalue weighted by molar-refractivity contribution is 6.74. The van der Waals surface area contributed by atoms with Gasteiger partial charge in [-0.3, -0.25) is 0 Å². The van der Waals surface area contributed by atoms with Crippen molar-refractivity contribution in [2.75, 3.05) is 0 Å². The van der Waals surface area contributed by atoms with Gasteiger partial charge >= 0.3 is 5.97 Å². The van der Waals surface area contributed by atoms with Crippen LogP contribution < -0.4 is 4.43 Å². The first-order valence-electron chi connectivity index (χ1n) is 12.2. The molecule has 0 radical (unpaired) electrons. The molecule has 178 valence electrons. The van der Waals surface area contributed by atoms with Gasteiger partial charge in [-0.15, -0.1) is 0 Å². The van der Waals surface area contributed by atoms with Gasteiger partial charge in [0.05, 0.1) is 5.56 Å². The maximum Gasteiger partial charge on any atom is 0.335 e. The van der Waals surface area contributed by atoms with Gasteiger partial charge < -0.3 is 9.53 Å². The van der Waals surface area contributed by atoms with Crippen LogP contribution in [-0.4, -0.2) is 19.4 Å². The van der Waals surface area contributed by atoms with Crippen molar-refractivity contribution >= 4 is 25.9 Å². The van der Waals surface area contributed by atoms with Crippen molar-refractivity contribution < 1.29 is 14.3 Å². The molecule has 0 heterocycles. The fraction of sp³-hybridized carbons (Fsp3) is 0.483. The summed E-state index contributed by atoms with van der Waals surface area (Å²) in [5.41, 5.74) is 5.15. The van der Waals surface area contributed by atoms with Crippen LogP contribution in [0.25, 0.3) is 11.6 Å². The average molecular weight is 465 g/mol. The van der Waals surface area contributed by atoms with Gasteiger partial charge in [-0.1, -0.05) is 71.2 Å². The second kappa shape index (κ2) is 9.50. The van der Waals surface area contributed by atoms with Gasteiger partial charge in [-0.2, -0.15) is 0 Å². The van der Waals surface area contributed by atoms with Crippen LogP contribution in [0.3, 0.4) is 0 Å². The molecule has 1 N–H and O–H groups in total. The fourth-order valence-corrected chi connectivity index (χ4v) is 5.45. The van der Waals surface area contributed by atoms with Gasteiger partial charge in [0, 0.05) is 0 Å². The van der Waals surface area contributed by atoms with E-state index in [-0.39, 0.29) is 10.5 Å². The minimum atomic E-state index is -1.96. The van der Waals surface area contributed by atoms with Crippen molar-refractivity contribution in [3.63, 3.8) is 0 Å². The van der Waals surface area contributed by atoms with Crippen LogP contribution in [-0.2, 0) is 5.41 Å². The maximum absolute atomic E-state index is 11.1. The lowest BCUT2D eigenvalue weighted by Gasteiger charge is -2.40. The van der Waals surface area contributed by atoms with Gasteiger partial charge in [0.2, 0.25) is 8.32 Å². The minimum Gasteiger partial charge on any atom is -0.543 e. The summed E-state index contributed by atoms with van der Waals surface area (Å²) in [7, 11) is -1.96. The Labute approximate surface area is 201 Å². The molecule has 1 aliphatic rings. The SMILES string of the molecule is C/C(=C\c1ccc(C(=O)O)cc1)c1ccc(O[Si](C)(C)C(C)(C)C)c(C2(C)CCCCC2)c1. The number of carboxylic acids is 1. The molecule has 0 amide bonds. The molecular weight excluding hydrogens is 424 g/mol. The van der Waals surface area contributed by atoms with Gasteiger partial charge in [-0.25, -0.2) is 4.79 Å². The summed E-state index contributed by atoms with van der Waals surface area (Å²) in [4.78, 5) is 11.1. The van der Waals surface area contributed by atoms with E-state index in [1.54, 1.807) is 12.1 Å². The number of hydrogen-bond donors (Lipinski definition) is 1. The maximum atomic E-state index is 11.1. The summed E-state index contributed by atoms with van der Waals surface area (Å²) in [6.07, 6.45) is 8.38. The Bertz CT molecular complexity index is 1020. The van der Waals surface area contributed by atoms with Crippen LogP contribution in [0, 0.1) is 0 Å². The minimum absolute atomic E-state index is 0.134. The molecular formula is C29H40O3Si. The molecule has 2 aromatic rings. The lowest BCUT2D eigenvalue weighted by molar-refractivity contribution is 0.0697. The van der Waals surface area contributed by atoms with Gasteiger partial charge in [0.25, 0.3) is 0 Å². The molecule has 0 bridgehead atoms. The van der Waals surface area contributed by atoms with Crippen LogP contribution >= 0.6 is 0 Å². The topological polar surface area (TPSA) is 46.5 Å². The van der Waals surface area contributed by atoms with E-state index in [9.17, 15) is 4.79 Å². The van der Waals surface area contributed by atoms with Gasteiger partial charge in [0.1, 0.15) is 5.75 Å². The van der Waals surface area contributed by atoms with Crippen molar-refractivity contribution in [3.05, 3.63) is 64.7 Å². The zero-order valence-electron chi connectivity index (χ0n) is 21.4. The summed E-state index contributed by atoms with van der Waals surface area (Å²) in [5, 5.41) is 9.29. The Morgan fingerprint density at radius 1 is 1.00 bits per heavy atom. The van der Waals surface area contributed by atoms with Crippen molar-refractivity contribution in [2.24, 2.45) is 0 Å². The Balaban J connectivity index is 2.01. The summed E-state index contributed by atoms with van der Waals surface area (Å²) < 4.78 is 6.87. The van der Waals surface area contributed by atoms with Crippen molar-refractivity contribution in [2.45, 2.75) is 90.3 Å². The molecule has 0 aromatic heterocycles. The molecule has 3 rings (SSSR count). The molecule has 1 saturated carbocycles. The lowest BCUT2D eigenvalue weighted by Crippen LogP contribution is -2.44. The summed E-state index contributed by atoms with van der Waals surface area (Å²) in [6.45, 7) is 16.0. The molecule has 0 spiro atoms. The second-order valence-corrected chi connectivity index (χ2v) is 16.2. The first-order chi connectivity index (χ1) is 15.3. The lowest BCUT2D eigenvalue weighted by atomic mass is 9.70. The molecule has 3 nitrogen and oxygen atoms in total. The monoisotopic (exact) mass is 464 g/mol. The van der Waals surface area contributed by atoms with Crippen LogP contribution in [0.4, 0.5) is 0 Å². The summed E-state index contributed by atoms with van der Waals surface area (Å²) in [5.74, 6) is 0.165. The first kappa shape index (κ1) is 25.3. The molecule has 4 heteroatoms. The highest BCUT2D eigenvalue weighted by Gasteiger charge is 2.41. The molecule has 2 aromatic carbocycles. The van der Waals surface area contributed by atoms with E-state index in [2.05, 4.69) is 72.0 Å². The quantitative estimate of drug-likeness (QED) is 0.344. The van der Waals surface area contributed by atoms with E-state index in [1.807, 2.05) is 12.1 Å². The van der Waals surface area contributed by atoms with E-state index >= 15 is 0 Å². The standard InChI is InChI=1S/C29H40O3Si/c1-21(19-22-11-13-23(14-12-22)27(30)31)24-15-16-26(32-33(6,7)28(2,3)4)25(20-24)29(5)17-9-8-10-18-29/h11-16,19-20H,8-10,17-18H2,1-7H3,(H,30,31)/b21-19+. The highest BCUT2D eigenvalue weighted by atomic mass is 28.4. The van der Waals surface area contributed by atoms with E-state index in [0.29, 0.717) is 5.56 Å². The molecule has 1 aliphatic carbocycles. The zero-order valence-corrected chi connectivity index (χ0v) is 22.4. The Hall–Kier alpha value is -2.33. The number of hydrogen-bond acceptors (Lipinski definition) is 2. The van der Waals surface area contributed by atoms with Crippen molar-refractivity contribution in [1.29, 1.82) is 0 Å². The molecule has 33 heavy (non-hydrogen) atoms. The Kier molecular flexibility index (Phi) is 7.28. The fourth-order valence-electron chi connectivity index (χ4n) is 4.42. The van der Waals surface area contributed by atoms with Crippen molar-refractivity contribution in [1.82, 2.24) is 0 Å². The molecule has 1 fully saturated rings. The second-order valence-electron chi connectivity index (χ2n) is 11.4. The van der Waals surface area contributed by atoms with E-state index < -0.39 is 14.3 Å². The van der Waals surface area contributed by atoms with E-state index in [0.717, 1.165) is 16.9 Å². The third kappa shape index (κ3) is 5.78. The largest absolute Gasteiger partial charge is 0.543 e. The number of allylic oxidation sites excluding steroid dienone is 1. The van der Waals surface area contributed by atoms with Crippen LogP contribution in [0.1, 0.15) is 93.8 Å². The smallest absolute Gasteiger partial charge is 0.335 e. The average Bonchev–Trinajstić information content (AvgIpc) is 2.73. The summed E-state index contributed by atoms with van der Waals surface area (Å²) in [6, 6.07) is 13.8. The Morgan fingerprint density at radius 2 is 1.58 bits per heavy atom. The number of benzene rings is 2. The molecule has 0 unspecified atom stereocenters. The van der Waals surface area contributed by atoms with E-state index in [4.69, 9.17) is 9.53 Å². The number of aromatic carboxylic acids is 1. The third-order valence-electron chi connectivity index (χ3n) is 7.75. The van der Waals surface area contributed by atoms with Crippen molar-refractivity contribution in [3.8, 4) is 5.75 Å². The predicted molar refractivity (Wildman–Crippen MR) is 142 cm³/mol. The van der Waals surface area contributed by atoms with E-state index in [1.165, 1.54) is 43.2 Å². The van der Waals surface area contributed by atoms with Crippen LogP contribution in [0.2, 0.25) is 18.1 Å².